The standard InChI is InChI=1S/C17H19N3O3.ClH/c21-13-9-15(18-10-13)16(22)19-14-7-4-8-20(17(14)23)11-12-5-2-1-3-6-12;/h1-8,13,15,18,21H,9-11H2,(H,19,22);1H. The Bertz CT molecular complexity index is 748. The van der Waals surface area contributed by atoms with Crippen LogP contribution in [0.2, 0.25) is 0 Å². The molecule has 1 saturated heterocycles. The first kappa shape index (κ1) is 18.2. The molecular weight excluding hydrogens is 330 g/mol. The molecule has 7 heteroatoms. The van der Waals surface area contributed by atoms with Gasteiger partial charge in [0.2, 0.25) is 5.91 Å². The number of nitrogens with one attached hydrogen (secondary N) is 2. The molecule has 1 fully saturated rings. The predicted octanol–water partition coefficient (Wildman–Crippen LogP) is 0.980. The molecule has 1 aliphatic rings. The van der Waals surface area contributed by atoms with Gasteiger partial charge in [-0.2, -0.15) is 0 Å². The quantitative estimate of drug-likeness (QED) is 0.768. The fourth-order valence-electron chi connectivity index (χ4n) is 2.67. The molecule has 2 atom stereocenters. The van der Waals surface area contributed by atoms with Gasteiger partial charge in [-0.25, -0.2) is 0 Å². The Hall–Kier alpha value is -2.15. The number of anilines is 1. The summed E-state index contributed by atoms with van der Waals surface area (Å²) in [7, 11) is 0. The van der Waals surface area contributed by atoms with Crippen LogP contribution in [-0.4, -0.2) is 34.3 Å². The van der Waals surface area contributed by atoms with E-state index in [-0.39, 0.29) is 29.6 Å². The molecule has 128 valence electrons. The van der Waals surface area contributed by atoms with Gasteiger partial charge in [-0.15, -0.1) is 12.4 Å². The zero-order chi connectivity index (χ0) is 16.2. The second-order valence-electron chi connectivity index (χ2n) is 5.68. The molecule has 1 amide bonds. The van der Waals surface area contributed by atoms with Gasteiger partial charge in [0.1, 0.15) is 5.69 Å². The summed E-state index contributed by atoms with van der Waals surface area (Å²) < 4.78 is 1.56. The van der Waals surface area contributed by atoms with Gasteiger partial charge in [0.15, 0.2) is 0 Å². The van der Waals surface area contributed by atoms with E-state index < -0.39 is 12.1 Å². The minimum atomic E-state index is -0.517. The van der Waals surface area contributed by atoms with Crippen LogP contribution in [0.1, 0.15) is 12.0 Å². The second kappa shape index (κ2) is 8.10. The summed E-state index contributed by atoms with van der Waals surface area (Å²) in [4.78, 5) is 24.6. The van der Waals surface area contributed by atoms with Gasteiger partial charge in [-0.3, -0.25) is 9.59 Å². The van der Waals surface area contributed by atoms with Crippen LogP contribution in [0.25, 0.3) is 0 Å². The van der Waals surface area contributed by atoms with Crippen LogP contribution in [-0.2, 0) is 11.3 Å². The molecule has 0 radical (unpaired) electrons. The second-order valence-corrected chi connectivity index (χ2v) is 5.68. The number of hydrogen-bond acceptors (Lipinski definition) is 4. The maximum absolute atomic E-state index is 12.5. The lowest BCUT2D eigenvalue weighted by Crippen LogP contribution is -2.37. The Morgan fingerprint density at radius 1 is 1.25 bits per heavy atom. The number of benzene rings is 1. The van der Waals surface area contributed by atoms with Crippen molar-refractivity contribution in [3.8, 4) is 0 Å². The van der Waals surface area contributed by atoms with E-state index in [2.05, 4.69) is 10.6 Å². The Morgan fingerprint density at radius 3 is 2.67 bits per heavy atom. The number of rotatable bonds is 4. The lowest BCUT2D eigenvalue weighted by Gasteiger charge is -2.12. The number of aliphatic hydroxyl groups excluding tert-OH is 1. The van der Waals surface area contributed by atoms with E-state index in [1.165, 1.54) is 0 Å². The van der Waals surface area contributed by atoms with Crippen molar-refractivity contribution < 1.29 is 9.90 Å². The molecule has 0 spiro atoms. The van der Waals surface area contributed by atoms with E-state index in [1.807, 2.05) is 30.3 Å². The summed E-state index contributed by atoms with van der Waals surface area (Å²) in [5.74, 6) is -0.295. The third kappa shape index (κ3) is 4.23. The highest BCUT2D eigenvalue weighted by atomic mass is 35.5. The third-order valence-corrected chi connectivity index (χ3v) is 3.90. The normalized spacial score (nSPS) is 19.5. The number of aromatic nitrogens is 1. The number of hydrogen-bond donors (Lipinski definition) is 3. The van der Waals surface area contributed by atoms with Crippen LogP contribution in [0, 0.1) is 0 Å². The van der Waals surface area contributed by atoms with E-state index in [9.17, 15) is 14.7 Å². The number of carbonyl (C=O) groups is 1. The average Bonchev–Trinajstić information content (AvgIpc) is 2.99. The summed E-state index contributed by atoms with van der Waals surface area (Å²) in [6, 6.07) is 12.5. The summed E-state index contributed by atoms with van der Waals surface area (Å²) in [6.45, 7) is 0.842. The van der Waals surface area contributed by atoms with Gasteiger partial charge in [0.25, 0.3) is 5.56 Å². The van der Waals surface area contributed by atoms with Gasteiger partial charge in [-0.05, 0) is 24.1 Å². The van der Waals surface area contributed by atoms with Crippen molar-refractivity contribution >= 4 is 24.0 Å². The lowest BCUT2D eigenvalue weighted by atomic mass is 10.2. The maximum atomic E-state index is 12.5. The van der Waals surface area contributed by atoms with E-state index in [0.29, 0.717) is 19.5 Å². The SMILES string of the molecule is Cl.O=C(Nc1cccn(Cc2ccccc2)c1=O)C1CC(O)CN1. The number of halogens is 1. The van der Waals surface area contributed by atoms with Crippen molar-refractivity contribution in [2.75, 3.05) is 11.9 Å². The molecule has 2 heterocycles. The first-order valence-corrected chi connectivity index (χ1v) is 7.59. The van der Waals surface area contributed by atoms with Crippen LogP contribution in [0.5, 0.6) is 0 Å². The van der Waals surface area contributed by atoms with Crippen molar-refractivity contribution in [1.29, 1.82) is 0 Å². The van der Waals surface area contributed by atoms with E-state index >= 15 is 0 Å². The number of carbonyl (C=O) groups excluding carboxylic acids is 1. The highest BCUT2D eigenvalue weighted by molar-refractivity contribution is 5.94. The van der Waals surface area contributed by atoms with E-state index in [0.717, 1.165) is 5.56 Å². The Labute approximate surface area is 145 Å². The fourth-order valence-corrected chi connectivity index (χ4v) is 2.67. The summed E-state index contributed by atoms with van der Waals surface area (Å²) in [5.41, 5.74) is 1.01. The Balaban J connectivity index is 0.00000208. The van der Waals surface area contributed by atoms with Crippen LogP contribution in [0.15, 0.2) is 53.5 Å². The van der Waals surface area contributed by atoms with Gasteiger partial charge in [0.05, 0.1) is 18.7 Å². The maximum Gasteiger partial charge on any atom is 0.274 e. The smallest absolute Gasteiger partial charge is 0.274 e. The topological polar surface area (TPSA) is 83.4 Å². The van der Waals surface area contributed by atoms with Gasteiger partial charge < -0.3 is 20.3 Å². The molecule has 1 aromatic heterocycles. The van der Waals surface area contributed by atoms with Crippen molar-refractivity contribution in [3.63, 3.8) is 0 Å². The molecular formula is C17H20ClN3O3. The number of amides is 1. The average molecular weight is 350 g/mol. The summed E-state index contributed by atoms with van der Waals surface area (Å²) in [6.07, 6.45) is 1.54. The molecule has 1 aromatic carbocycles. The van der Waals surface area contributed by atoms with Crippen molar-refractivity contribution in [1.82, 2.24) is 9.88 Å². The van der Waals surface area contributed by atoms with Crippen molar-refractivity contribution in [2.45, 2.75) is 25.1 Å². The molecule has 2 aromatic rings. The molecule has 0 bridgehead atoms. The molecule has 24 heavy (non-hydrogen) atoms. The van der Waals surface area contributed by atoms with Crippen LogP contribution >= 0.6 is 12.4 Å². The number of nitrogens with zero attached hydrogens (tertiary/aromatic N) is 1. The monoisotopic (exact) mass is 349 g/mol. The van der Waals surface area contributed by atoms with Crippen LogP contribution < -0.4 is 16.2 Å². The van der Waals surface area contributed by atoms with Gasteiger partial charge in [0, 0.05) is 12.7 Å². The Morgan fingerprint density at radius 2 is 2.00 bits per heavy atom. The van der Waals surface area contributed by atoms with Gasteiger partial charge in [-0.1, -0.05) is 30.3 Å². The van der Waals surface area contributed by atoms with Gasteiger partial charge >= 0.3 is 0 Å². The Kier molecular flexibility index (Phi) is 6.14. The summed E-state index contributed by atoms with van der Waals surface area (Å²) in [5, 5.41) is 15.1. The predicted molar refractivity (Wildman–Crippen MR) is 94.5 cm³/mol. The zero-order valence-corrected chi connectivity index (χ0v) is 13.8. The van der Waals surface area contributed by atoms with E-state index in [4.69, 9.17) is 0 Å². The molecule has 0 aliphatic carbocycles. The molecule has 0 saturated carbocycles. The van der Waals surface area contributed by atoms with Crippen molar-refractivity contribution in [3.05, 3.63) is 64.6 Å². The molecule has 3 rings (SSSR count). The first-order valence-electron chi connectivity index (χ1n) is 7.59. The number of β-amino-alcohol motifs (C(OH)–C–C–N with tert-alkyl or cyclic N) is 1. The highest BCUT2D eigenvalue weighted by Crippen LogP contribution is 2.09. The van der Waals surface area contributed by atoms with Crippen LogP contribution in [0.3, 0.4) is 0 Å². The minimum Gasteiger partial charge on any atom is -0.392 e. The zero-order valence-electron chi connectivity index (χ0n) is 13.0. The third-order valence-electron chi connectivity index (χ3n) is 3.90. The molecule has 1 aliphatic heterocycles. The van der Waals surface area contributed by atoms with Crippen LogP contribution in [0.4, 0.5) is 5.69 Å². The molecule has 2 unspecified atom stereocenters. The van der Waals surface area contributed by atoms with Crippen molar-refractivity contribution in [2.24, 2.45) is 0 Å². The fraction of sp³-hybridized carbons (Fsp3) is 0.294. The minimum absolute atomic E-state index is 0. The first-order chi connectivity index (χ1) is 11.1. The van der Waals surface area contributed by atoms with E-state index in [1.54, 1.807) is 22.9 Å². The molecule has 6 nitrogen and oxygen atoms in total. The lowest BCUT2D eigenvalue weighted by molar-refractivity contribution is -0.117. The largest absolute Gasteiger partial charge is 0.392 e. The summed E-state index contributed by atoms with van der Waals surface area (Å²) >= 11 is 0. The molecule has 3 N–H and O–H groups in total. The number of pyridine rings is 1. The number of aliphatic hydroxyl groups is 1. The highest BCUT2D eigenvalue weighted by Gasteiger charge is 2.28.